The van der Waals surface area contributed by atoms with Crippen molar-refractivity contribution in [2.75, 3.05) is 9.62 Å². The zero-order valence-electron chi connectivity index (χ0n) is 16.5. The van der Waals surface area contributed by atoms with E-state index < -0.39 is 10.0 Å². The van der Waals surface area contributed by atoms with Crippen LogP contribution in [0.5, 0.6) is 0 Å². The second kappa shape index (κ2) is 6.92. The Hall–Kier alpha value is -2.34. The summed E-state index contributed by atoms with van der Waals surface area (Å²) >= 11 is 0. The molecule has 2 aromatic rings. The van der Waals surface area contributed by atoms with E-state index in [0.29, 0.717) is 12.1 Å². The average Bonchev–Trinajstić information content (AvgIpc) is 2.90. The fourth-order valence-electron chi connectivity index (χ4n) is 4.09. The molecule has 1 N–H and O–H groups in total. The topological polar surface area (TPSA) is 66.5 Å². The molecule has 4 rings (SSSR count). The van der Waals surface area contributed by atoms with Crippen LogP contribution in [0.3, 0.4) is 0 Å². The molecular weight excluding hydrogens is 372 g/mol. The molecule has 1 atom stereocenters. The van der Waals surface area contributed by atoms with Gasteiger partial charge in [0.05, 0.1) is 10.6 Å². The molecule has 148 valence electrons. The van der Waals surface area contributed by atoms with Gasteiger partial charge >= 0.3 is 0 Å². The third-order valence-corrected chi connectivity index (χ3v) is 7.26. The monoisotopic (exact) mass is 398 g/mol. The van der Waals surface area contributed by atoms with Crippen molar-refractivity contribution in [2.45, 2.75) is 57.4 Å². The van der Waals surface area contributed by atoms with Crippen molar-refractivity contribution in [3.8, 4) is 0 Å². The molecule has 28 heavy (non-hydrogen) atoms. The minimum absolute atomic E-state index is 0.0633. The maximum Gasteiger partial charge on any atom is 0.261 e. The van der Waals surface area contributed by atoms with Gasteiger partial charge in [-0.05, 0) is 75.4 Å². The van der Waals surface area contributed by atoms with Crippen LogP contribution >= 0.6 is 0 Å². The molecule has 1 aliphatic carbocycles. The first-order valence-corrected chi connectivity index (χ1v) is 11.3. The second-order valence-electron chi connectivity index (χ2n) is 8.10. The highest BCUT2D eigenvalue weighted by Crippen LogP contribution is 2.38. The molecule has 1 fully saturated rings. The van der Waals surface area contributed by atoms with Crippen molar-refractivity contribution >= 4 is 27.3 Å². The van der Waals surface area contributed by atoms with Gasteiger partial charge in [-0.2, -0.15) is 0 Å². The number of carbonyl (C=O) groups is 1. The summed E-state index contributed by atoms with van der Waals surface area (Å²) in [5, 5.41) is 0. The fraction of sp³-hybridized carbons (Fsp3) is 0.409. The van der Waals surface area contributed by atoms with Crippen molar-refractivity contribution < 1.29 is 13.2 Å². The number of nitrogens with one attached hydrogen (secondary N) is 1. The summed E-state index contributed by atoms with van der Waals surface area (Å²) in [7, 11) is -3.69. The maximum absolute atomic E-state index is 12.9. The molecular formula is C22H26N2O3S. The Labute approximate surface area is 166 Å². The first-order chi connectivity index (χ1) is 13.3. The van der Waals surface area contributed by atoms with Crippen molar-refractivity contribution in [1.82, 2.24) is 0 Å². The number of hydrogen-bond donors (Lipinski definition) is 1. The Morgan fingerprint density at radius 3 is 2.50 bits per heavy atom. The highest BCUT2D eigenvalue weighted by Gasteiger charge is 2.37. The Kier molecular flexibility index (Phi) is 4.70. The molecule has 5 nitrogen and oxygen atoms in total. The number of carbonyl (C=O) groups excluding carboxylic acids is 1. The van der Waals surface area contributed by atoms with Gasteiger partial charge in [-0.15, -0.1) is 0 Å². The molecule has 0 unspecified atom stereocenters. The number of amides is 1. The predicted octanol–water partition coefficient (Wildman–Crippen LogP) is 4.18. The van der Waals surface area contributed by atoms with Crippen LogP contribution in [0.4, 0.5) is 11.4 Å². The van der Waals surface area contributed by atoms with Crippen LogP contribution in [0.15, 0.2) is 41.3 Å². The van der Waals surface area contributed by atoms with E-state index in [-0.39, 0.29) is 22.8 Å². The zero-order chi connectivity index (χ0) is 20.1. The molecule has 0 radical (unpaired) electrons. The van der Waals surface area contributed by atoms with Crippen molar-refractivity contribution in [3.63, 3.8) is 0 Å². The largest absolute Gasteiger partial charge is 0.309 e. The van der Waals surface area contributed by atoms with E-state index in [1.807, 2.05) is 37.8 Å². The summed E-state index contributed by atoms with van der Waals surface area (Å²) in [5.74, 6) is 0.310. The summed E-state index contributed by atoms with van der Waals surface area (Å²) in [6.45, 7) is 5.89. The van der Waals surface area contributed by atoms with Gasteiger partial charge in [0.25, 0.3) is 10.0 Å². The van der Waals surface area contributed by atoms with Gasteiger partial charge in [0.1, 0.15) is 0 Å². The third-order valence-electron chi connectivity index (χ3n) is 5.89. The van der Waals surface area contributed by atoms with E-state index in [9.17, 15) is 13.2 Å². The number of benzene rings is 2. The van der Waals surface area contributed by atoms with Crippen LogP contribution in [0.2, 0.25) is 0 Å². The minimum atomic E-state index is -3.69. The highest BCUT2D eigenvalue weighted by molar-refractivity contribution is 7.92. The number of rotatable bonds is 4. The van der Waals surface area contributed by atoms with Crippen molar-refractivity contribution in [1.29, 1.82) is 0 Å². The van der Waals surface area contributed by atoms with Crippen LogP contribution in [0.1, 0.15) is 42.9 Å². The summed E-state index contributed by atoms with van der Waals surface area (Å²) in [6, 6.07) is 10.8. The molecule has 6 heteroatoms. The van der Waals surface area contributed by atoms with Gasteiger partial charge in [0.2, 0.25) is 5.91 Å². The van der Waals surface area contributed by atoms with Crippen LogP contribution in [-0.4, -0.2) is 20.4 Å². The maximum atomic E-state index is 12.9. The van der Waals surface area contributed by atoms with Gasteiger partial charge < -0.3 is 4.90 Å². The summed E-state index contributed by atoms with van der Waals surface area (Å²) in [6.07, 6.45) is 3.72. The molecule has 0 spiro atoms. The third kappa shape index (κ3) is 3.30. The van der Waals surface area contributed by atoms with E-state index in [4.69, 9.17) is 0 Å². The normalized spacial score (nSPS) is 19.2. The molecule has 1 aliphatic heterocycles. The lowest BCUT2D eigenvalue weighted by Crippen LogP contribution is -2.42. The second-order valence-corrected chi connectivity index (χ2v) is 9.79. The molecule has 1 saturated carbocycles. The number of anilines is 2. The van der Waals surface area contributed by atoms with Crippen LogP contribution in [0, 0.1) is 19.8 Å². The van der Waals surface area contributed by atoms with Crippen LogP contribution in [-0.2, 0) is 21.2 Å². The quantitative estimate of drug-likeness (QED) is 0.840. The lowest BCUT2D eigenvalue weighted by Gasteiger charge is -2.32. The Morgan fingerprint density at radius 2 is 1.86 bits per heavy atom. The van der Waals surface area contributed by atoms with E-state index in [0.717, 1.165) is 41.6 Å². The van der Waals surface area contributed by atoms with Crippen LogP contribution in [0.25, 0.3) is 0 Å². The van der Waals surface area contributed by atoms with E-state index >= 15 is 0 Å². The van der Waals surface area contributed by atoms with Gasteiger partial charge in [-0.25, -0.2) is 8.42 Å². The van der Waals surface area contributed by atoms with Gasteiger partial charge in [-0.3, -0.25) is 9.52 Å². The molecule has 2 aliphatic rings. The average molecular weight is 399 g/mol. The van der Waals surface area contributed by atoms with Gasteiger partial charge in [-0.1, -0.05) is 24.1 Å². The SMILES string of the molecule is Cc1ccc(NS(=O)(=O)c2ccc3c(c2)C[C@H](C)N3C(=O)C2CCC2)c(C)c1. The summed E-state index contributed by atoms with van der Waals surface area (Å²) in [4.78, 5) is 14.9. The van der Waals surface area contributed by atoms with E-state index in [2.05, 4.69) is 4.72 Å². The predicted molar refractivity (Wildman–Crippen MR) is 111 cm³/mol. The van der Waals surface area contributed by atoms with Crippen molar-refractivity contribution in [2.24, 2.45) is 5.92 Å². The standard InChI is InChI=1S/C22H26N2O3S/c1-14-7-9-20(15(2)11-14)23-28(26,27)19-8-10-21-18(13-19)12-16(3)24(21)22(25)17-5-4-6-17/h7-11,13,16-17,23H,4-6,12H2,1-3H3/t16-/m0/s1. The molecule has 0 aromatic heterocycles. The minimum Gasteiger partial charge on any atom is -0.309 e. The first-order valence-electron chi connectivity index (χ1n) is 9.82. The lowest BCUT2D eigenvalue weighted by atomic mass is 9.84. The molecule has 1 amide bonds. The highest BCUT2D eigenvalue weighted by atomic mass is 32.2. The molecule has 2 aromatic carbocycles. The smallest absolute Gasteiger partial charge is 0.261 e. The van der Waals surface area contributed by atoms with E-state index in [1.165, 1.54) is 0 Å². The molecule has 0 bridgehead atoms. The van der Waals surface area contributed by atoms with Crippen LogP contribution < -0.4 is 9.62 Å². The molecule has 1 heterocycles. The summed E-state index contributed by atoms with van der Waals surface area (Å²) in [5.41, 5.74) is 4.33. The lowest BCUT2D eigenvalue weighted by molar-refractivity contribution is -0.125. The zero-order valence-corrected chi connectivity index (χ0v) is 17.3. The first kappa shape index (κ1) is 19.0. The number of aryl methyl sites for hydroxylation is 2. The van der Waals surface area contributed by atoms with Gasteiger partial charge in [0.15, 0.2) is 0 Å². The number of hydrogen-bond acceptors (Lipinski definition) is 3. The number of sulfonamides is 1. The molecule has 0 saturated heterocycles. The Balaban J connectivity index is 1.62. The number of nitrogens with zero attached hydrogens (tertiary/aromatic N) is 1. The van der Waals surface area contributed by atoms with E-state index in [1.54, 1.807) is 24.3 Å². The summed E-state index contributed by atoms with van der Waals surface area (Å²) < 4.78 is 28.5. The Morgan fingerprint density at radius 1 is 1.11 bits per heavy atom. The van der Waals surface area contributed by atoms with Crippen molar-refractivity contribution in [3.05, 3.63) is 53.1 Å². The fourth-order valence-corrected chi connectivity index (χ4v) is 5.28. The van der Waals surface area contributed by atoms with Gasteiger partial charge in [0, 0.05) is 17.6 Å². The Bertz CT molecular complexity index is 1040. The number of fused-ring (bicyclic) bond motifs is 1.